The molecule has 0 aliphatic carbocycles. The quantitative estimate of drug-likeness (QED) is 0.649. The lowest BCUT2D eigenvalue weighted by Crippen LogP contribution is -2.23. The van der Waals surface area contributed by atoms with E-state index in [0.717, 1.165) is 0 Å². The van der Waals surface area contributed by atoms with Gasteiger partial charge in [0.15, 0.2) is 11.5 Å². The molecule has 1 heterocycles. The van der Waals surface area contributed by atoms with Crippen LogP contribution in [0.2, 0.25) is 0 Å². The summed E-state index contributed by atoms with van der Waals surface area (Å²) in [7, 11) is -3.62. The average molecular weight is 371 g/mol. The molecule has 0 spiro atoms. The minimum absolute atomic E-state index is 0.0791. The summed E-state index contributed by atoms with van der Waals surface area (Å²) in [4.78, 5) is 16.7. The number of amides is 1. The second kappa shape index (κ2) is 7.11. The van der Waals surface area contributed by atoms with Crippen LogP contribution in [-0.2, 0) is 10.0 Å². The molecule has 26 heavy (non-hydrogen) atoms. The smallest absolute Gasteiger partial charge is 0.255 e. The van der Waals surface area contributed by atoms with Crippen molar-refractivity contribution in [3.05, 3.63) is 66.6 Å². The van der Waals surface area contributed by atoms with Crippen LogP contribution in [0, 0.1) is 6.92 Å². The van der Waals surface area contributed by atoms with E-state index in [4.69, 9.17) is 4.42 Å². The molecule has 0 saturated heterocycles. The van der Waals surface area contributed by atoms with Gasteiger partial charge in [-0.15, -0.1) is 6.58 Å². The second-order valence-corrected chi connectivity index (χ2v) is 7.30. The van der Waals surface area contributed by atoms with E-state index < -0.39 is 10.0 Å². The highest BCUT2D eigenvalue weighted by atomic mass is 32.2. The number of carbonyl (C=O) groups is 1. The van der Waals surface area contributed by atoms with Gasteiger partial charge in [-0.05, 0) is 42.5 Å². The van der Waals surface area contributed by atoms with Crippen LogP contribution in [0.1, 0.15) is 16.2 Å². The molecule has 0 fully saturated rings. The van der Waals surface area contributed by atoms with Crippen LogP contribution in [0.4, 0.5) is 5.69 Å². The highest BCUT2D eigenvalue weighted by molar-refractivity contribution is 7.89. The monoisotopic (exact) mass is 371 g/mol. The van der Waals surface area contributed by atoms with Crippen molar-refractivity contribution in [2.24, 2.45) is 0 Å². The van der Waals surface area contributed by atoms with Crippen LogP contribution in [0.25, 0.3) is 11.1 Å². The normalized spacial score (nSPS) is 11.4. The maximum atomic E-state index is 12.4. The van der Waals surface area contributed by atoms with Crippen molar-refractivity contribution in [3.8, 4) is 0 Å². The maximum Gasteiger partial charge on any atom is 0.255 e. The zero-order chi connectivity index (χ0) is 18.7. The minimum atomic E-state index is -3.62. The molecule has 1 aromatic heterocycles. The van der Waals surface area contributed by atoms with Crippen LogP contribution in [-0.4, -0.2) is 25.9 Å². The number of oxazole rings is 1. The Hall–Kier alpha value is -2.97. The molecular formula is C18H17N3O4S. The first-order valence-electron chi connectivity index (χ1n) is 7.78. The largest absolute Gasteiger partial charge is 0.441 e. The van der Waals surface area contributed by atoms with Gasteiger partial charge in [0.05, 0.1) is 4.90 Å². The molecule has 0 bridgehead atoms. The van der Waals surface area contributed by atoms with Crippen LogP contribution < -0.4 is 10.0 Å². The Morgan fingerprint density at radius 2 is 1.96 bits per heavy atom. The van der Waals surface area contributed by atoms with Crippen molar-refractivity contribution in [2.45, 2.75) is 11.8 Å². The molecule has 2 N–H and O–H groups in total. The van der Waals surface area contributed by atoms with Gasteiger partial charge in [0.2, 0.25) is 10.0 Å². The molecule has 7 nitrogen and oxygen atoms in total. The number of hydrogen-bond acceptors (Lipinski definition) is 5. The van der Waals surface area contributed by atoms with Gasteiger partial charge in [-0.2, -0.15) is 0 Å². The van der Waals surface area contributed by atoms with E-state index in [2.05, 4.69) is 21.6 Å². The summed E-state index contributed by atoms with van der Waals surface area (Å²) in [5.41, 5.74) is 2.20. The number of carbonyl (C=O) groups excluding carboxylic acids is 1. The van der Waals surface area contributed by atoms with Gasteiger partial charge >= 0.3 is 0 Å². The molecular weight excluding hydrogens is 354 g/mol. The molecule has 0 atom stereocenters. The zero-order valence-corrected chi connectivity index (χ0v) is 14.8. The Morgan fingerprint density at radius 1 is 1.23 bits per heavy atom. The Bertz CT molecular complexity index is 1070. The zero-order valence-electron chi connectivity index (χ0n) is 14.0. The fraction of sp³-hybridized carbons (Fsp3) is 0.111. The van der Waals surface area contributed by atoms with Crippen LogP contribution in [0.5, 0.6) is 0 Å². The third-order valence-corrected chi connectivity index (χ3v) is 5.04. The van der Waals surface area contributed by atoms with Crippen molar-refractivity contribution in [3.63, 3.8) is 0 Å². The summed E-state index contributed by atoms with van der Waals surface area (Å²) in [6.07, 6.45) is 1.45. The molecule has 1 amide bonds. The van der Waals surface area contributed by atoms with Gasteiger partial charge in [-0.3, -0.25) is 4.79 Å². The molecule has 0 radical (unpaired) electrons. The summed E-state index contributed by atoms with van der Waals surface area (Å²) in [5.74, 6) is 0.193. The second-order valence-electron chi connectivity index (χ2n) is 5.53. The molecule has 0 aliphatic heterocycles. The summed E-state index contributed by atoms with van der Waals surface area (Å²) in [6, 6.07) is 10.8. The summed E-state index contributed by atoms with van der Waals surface area (Å²) in [6.45, 7) is 5.35. The standard InChI is InChI=1S/C18H17N3O4S/c1-3-10-19-26(23,24)15-7-4-13(5-8-15)18(22)21-14-6-9-17-16(11-14)20-12(2)25-17/h3-9,11,19H,1,10H2,2H3,(H,21,22). The van der Waals surface area contributed by atoms with Gasteiger partial charge in [-0.25, -0.2) is 18.1 Å². The first-order chi connectivity index (χ1) is 12.4. The van der Waals surface area contributed by atoms with Crippen molar-refractivity contribution in [1.82, 2.24) is 9.71 Å². The minimum Gasteiger partial charge on any atom is -0.441 e. The SMILES string of the molecule is C=CCNS(=O)(=O)c1ccc(C(=O)Nc2ccc3oc(C)nc3c2)cc1. The van der Waals surface area contributed by atoms with Gasteiger partial charge in [0.25, 0.3) is 5.91 Å². The van der Waals surface area contributed by atoms with E-state index >= 15 is 0 Å². The molecule has 3 rings (SSSR count). The van der Waals surface area contributed by atoms with Crippen molar-refractivity contribution in [1.29, 1.82) is 0 Å². The van der Waals surface area contributed by atoms with Gasteiger partial charge in [0.1, 0.15) is 5.52 Å². The van der Waals surface area contributed by atoms with Gasteiger partial charge in [-0.1, -0.05) is 6.08 Å². The number of rotatable bonds is 6. The lowest BCUT2D eigenvalue weighted by Gasteiger charge is -2.07. The average Bonchev–Trinajstić information content (AvgIpc) is 2.99. The van der Waals surface area contributed by atoms with Crippen LogP contribution >= 0.6 is 0 Å². The fourth-order valence-electron chi connectivity index (χ4n) is 2.36. The first kappa shape index (κ1) is 17.8. The topological polar surface area (TPSA) is 101 Å². The third kappa shape index (κ3) is 3.81. The number of anilines is 1. The van der Waals surface area contributed by atoms with E-state index in [1.807, 2.05) is 0 Å². The van der Waals surface area contributed by atoms with Crippen molar-refractivity contribution < 1.29 is 17.6 Å². The summed E-state index contributed by atoms with van der Waals surface area (Å²) in [5, 5.41) is 2.75. The lowest BCUT2D eigenvalue weighted by molar-refractivity contribution is 0.102. The number of nitrogens with zero attached hydrogens (tertiary/aromatic N) is 1. The lowest BCUT2D eigenvalue weighted by atomic mass is 10.2. The summed E-state index contributed by atoms with van der Waals surface area (Å²) >= 11 is 0. The number of sulfonamides is 1. The number of nitrogens with one attached hydrogen (secondary N) is 2. The Kier molecular flexibility index (Phi) is 4.88. The number of aromatic nitrogens is 1. The predicted octanol–water partition coefficient (Wildman–Crippen LogP) is 2.85. The predicted molar refractivity (Wildman–Crippen MR) is 98.5 cm³/mol. The third-order valence-electron chi connectivity index (χ3n) is 3.60. The van der Waals surface area contributed by atoms with E-state index in [0.29, 0.717) is 28.2 Å². The highest BCUT2D eigenvalue weighted by Gasteiger charge is 2.14. The Balaban J connectivity index is 1.75. The molecule has 8 heteroatoms. The van der Waals surface area contributed by atoms with E-state index in [-0.39, 0.29) is 17.3 Å². The fourth-order valence-corrected chi connectivity index (χ4v) is 3.36. The van der Waals surface area contributed by atoms with Crippen molar-refractivity contribution >= 4 is 32.7 Å². The molecule has 0 unspecified atom stereocenters. The van der Waals surface area contributed by atoms with E-state index in [9.17, 15) is 13.2 Å². The van der Waals surface area contributed by atoms with Gasteiger partial charge in [0, 0.05) is 24.7 Å². The van der Waals surface area contributed by atoms with E-state index in [1.165, 1.54) is 30.3 Å². The number of hydrogen-bond donors (Lipinski definition) is 2. The molecule has 134 valence electrons. The first-order valence-corrected chi connectivity index (χ1v) is 9.26. The summed E-state index contributed by atoms with van der Waals surface area (Å²) < 4.78 is 31.8. The number of benzene rings is 2. The molecule has 2 aromatic carbocycles. The van der Waals surface area contributed by atoms with Crippen LogP contribution in [0.3, 0.4) is 0 Å². The van der Waals surface area contributed by atoms with E-state index in [1.54, 1.807) is 25.1 Å². The molecule has 0 aliphatic rings. The van der Waals surface area contributed by atoms with Gasteiger partial charge < -0.3 is 9.73 Å². The van der Waals surface area contributed by atoms with Crippen molar-refractivity contribution in [2.75, 3.05) is 11.9 Å². The number of fused-ring (bicyclic) bond motifs is 1. The molecule has 0 saturated carbocycles. The van der Waals surface area contributed by atoms with Crippen LogP contribution in [0.15, 0.2) is 64.4 Å². The maximum absolute atomic E-state index is 12.4. The molecule has 3 aromatic rings. The number of aryl methyl sites for hydroxylation is 1. The Morgan fingerprint density at radius 3 is 2.65 bits per heavy atom. The Labute approximate surface area is 150 Å². The highest BCUT2D eigenvalue weighted by Crippen LogP contribution is 2.20.